The van der Waals surface area contributed by atoms with E-state index in [1.165, 1.54) is 0 Å². The Bertz CT molecular complexity index is 265. The van der Waals surface area contributed by atoms with Crippen LogP contribution in [0.4, 0.5) is 0 Å². The van der Waals surface area contributed by atoms with Gasteiger partial charge in [0.15, 0.2) is 0 Å². The summed E-state index contributed by atoms with van der Waals surface area (Å²) >= 11 is 2.16. The average Bonchev–Trinajstić information content (AvgIpc) is 2.37. The first-order chi connectivity index (χ1) is 6.09. The first-order valence-corrected chi connectivity index (χ1v) is 5.41. The first kappa shape index (κ1) is 9.23. The molecule has 1 N–H and O–H groups in total. The van der Waals surface area contributed by atoms with Crippen LogP contribution < -0.4 is 0 Å². The number of hydrogen-bond acceptors (Lipinski definition) is 3. The lowest BCUT2D eigenvalue weighted by Crippen LogP contribution is -2.34. The van der Waals surface area contributed by atoms with Crippen molar-refractivity contribution in [2.45, 2.75) is 22.9 Å². The summed E-state index contributed by atoms with van der Waals surface area (Å²) in [5.41, 5.74) is 0. The fourth-order valence-electron chi connectivity index (χ4n) is 2.01. The van der Waals surface area contributed by atoms with Gasteiger partial charge in [-0.3, -0.25) is 9.59 Å². The number of carbonyl (C=O) groups is 2. The van der Waals surface area contributed by atoms with Gasteiger partial charge < -0.3 is 9.84 Å². The van der Waals surface area contributed by atoms with Crippen molar-refractivity contribution in [3.8, 4) is 0 Å². The zero-order valence-electron chi connectivity index (χ0n) is 6.77. The number of alkyl halides is 1. The van der Waals surface area contributed by atoms with E-state index in [4.69, 9.17) is 9.84 Å². The lowest BCUT2D eigenvalue weighted by Gasteiger charge is -2.25. The third-order valence-electron chi connectivity index (χ3n) is 2.74. The van der Waals surface area contributed by atoms with Crippen LogP contribution in [0.5, 0.6) is 0 Å². The largest absolute Gasteiger partial charge is 0.481 e. The number of fused-ring (bicyclic) bond motifs is 2. The number of carbonyl (C=O) groups excluding carboxylic acids is 1. The number of esters is 1. The molecule has 1 saturated carbocycles. The SMILES string of the molecule is O=C1O[C@@H]2C[C@H]1[C@H](C(=O)O)C[C@H]2I. The van der Waals surface area contributed by atoms with E-state index in [9.17, 15) is 9.59 Å². The van der Waals surface area contributed by atoms with Gasteiger partial charge in [0.05, 0.1) is 11.8 Å². The topological polar surface area (TPSA) is 63.6 Å². The summed E-state index contributed by atoms with van der Waals surface area (Å²) in [6, 6.07) is 0. The molecule has 0 unspecified atom stereocenters. The fraction of sp³-hybridized carbons (Fsp3) is 0.750. The molecule has 2 rings (SSSR count). The highest BCUT2D eigenvalue weighted by atomic mass is 127. The van der Waals surface area contributed by atoms with Crippen molar-refractivity contribution in [3.05, 3.63) is 0 Å². The second-order valence-electron chi connectivity index (χ2n) is 3.51. The molecular weight excluding hydrogens is 287 g/mol. The van der Waals surface area contributed by atoms with Crippen molar-refractivity contribution in [2.24, 2.45) is 11.8 Å². The van der Waals surface area contributed by atoms with E-state index in [2.05, 4.69) is 22.6 Å². The normalized spacial score (nSPS) is 43.0. The molecule has 13 heavy (non-hydrogen) atoms. The Kier molecular flexibility index (Phi) is 2.21. The maximum atomic E-state index is 11.2. The molecule has 2 fully saturated rings. The van der Waals surface area contributed by atoms with E-state index < -0.39 is 17.8 Å². The van der Waals surface area contributed by atoms with E-state index >= 15 is 0 Å². The molecule has 0 radical (unpaired) electrons. The van der Waals surface area contributed by atoms with Gasteiger partial charge in [0.1, 0.15) is 6.10 Å². The summed E-state index contributed by atoms with van der Waals surface area (Å²) in [6.45, 7) is 0. The molecule has 0 aromatic heterocycles. The number of ether oxygens (including phenoxy) is 1. The number of carboxylic acid groups (broad SMARTS) is 1. The molecule has 2 bridgehead atoms. The van der Waals surface area contributed by atoms with Gasteiger partial charge in [0, 0.05) is 3.92 Å². The average molecular weight is 296 g/mol. The molecule has 5 heteroatoms. The molecule has 0 spiro atoms. The van der Waals surface area contributed by atoms with Crippen LogP contribution in [0.3, 0.4) is 0 Å². The molecule has 0 amide bonds. The Balaban J connectivity index is 2.22. The maximum Gasteiger partial charge on any atom is 0.310 e. The standard InChI is InChI=1S/C8H9IO4/c9-5-1-3(7(10)11)4-2-6(5)13-8(4)12/h3-6H,1-2H2,(H,10,11)/t3-,4+,5-,6-/m1/s1. The summed E-state index contributed by atoms with van der Waals surface area (Å²) in [5.74, 6) is -2.12. The smallest absolute Gasteiger partial charge is 0.310 e. The Labute approximate surface area is 88.8 Å². The lowest BCUT2D eigenvalue weighted by atomic mass is 9.80. The molecule has 2 aliphatic rings. The van der Waals surface area contributed by atoms with E-state index in [0.717, 1.165) is 0 Å². The summed E-state index contributed by atoms with van der Waals surface area (Å²) in [4.78, 5) is 22.0. The maximum absolute atomic E-state index is 11.2. The summed E-state index contributed by atoms with van der Waals surface area (Å²) in [5, 5.41) is 8.88. The van der Waals surface area contributed by atoms with Gasteiger partial charge in [-0.25, -0.2) is 0 Å². The number of carboxylic acids is 1. The molecule has 0 aromatic rings. The third kappa shape index (κ3) is 1.43. The van der Waals surface area contributed by atoms with Crippen LogP contribution in [0.2, 0.25) is 0 Å². The van der Waals surface area contributed by atoms with Crippen molar-refractivity contribution in [2.75, 3.05) is 0 Å². The third-order valence-corrected chi connectivity index (χ3v) is 4.05. The van der Waals surface area contributed by atoms with Gasteiger partial charge in [-0.2, -0.15) is 0 Å². The van der Waals surface area contributed by atoms with Gasteiger partial charge in [0.2, 0.25) is 0 Å². The highest BCUT2D eigenvalue weighted by Crippen LogP contribution is 2.41. The minimum Gasteiger partial charge on any atom is -0.481 e. The Morgan fingerprint density at radius 3 is 2.85 bits per heavy atom. The molecular formula is C8H9IO4. The minimum atomic E-state index is -0.871. The van der Waals surface area contributed by atoms with Gasteiger partial charge >= 0.3 is 11.9 Å². The Hall–Kier alpha value is -0.330. The van der Waals surface area contributed by atoms with E-state index in [1.54, 1.807) is 0 Å². The zero-order valence-corrected chi connectivity index (χ0v) is 8.93. The predicted octanol–water partition coefficient (Wildman–Crippen LogP) is 0.826. The Morgan fingerprint density at radius 1 is 1.54 bits per heavy atom. The van der Waals surface area contributed by atoms with E-state index in [0.29, 0.717) is 12.8 Å². The summed E-state index contributed by atoms with van der Waals surface area (Å²) in [6.07, 6.45) is 1.09. The monoisotopic (exact) mass is 296 g/mol. The minimum absolute atomic E-state index is 0.0475. The van der Waals surface area contributed by atoms with Crippen molar-refractivity contribution in [1.29, 1.82) is 0 Å². The number of aliphatic carboxylic acids is 1. The van der Waals surface area contributed by atoms with E-state index in [1.807, 2.05) is 0 Å². The number of halogens is 1. The van der Waals surface area contributed by atoms with Crippen molar-refractivity contribution < 1.29 is 19.4 Å². The van der Waals surface area contributed by atoms with Crippen LogP contribution in [-0.2, 0) is 14.3 Å². The second kappa shape index (κ2) is 3.11. The molecule has 1 saturated heterocycles. The summed E-state index contributed by atoms with van der Waals surface area (Å²) < 4.78 is 5.22. The van der Waals surface area contributed by atoms with Crippen LogP contribution in [0.15, 0.2) is 0 Å². The molecule has 1 aliphatic carbocycles. The predicted molar refractivity (Wildman–Crippen MR) is 51.5 cm³/mol. The van der Waals surface area contributed by atoms with Gasteiger partial charge in [-0.05, 0) is 12.8 Å². The van der Waals surface area contributed by atoms with Gasteiger partial charge in [-0.1, -0.05) is 22.6 Å². The van der Waals surface area contributed by atoms with Crippen LogP contribution in [0.25, 0.3) is 0 Å². The van der Waals surface area contributed by atoms with Crippen LogP contribution in [0.1, 0.15) is 12.8 Å². The van der Waals surface area contributed by atoms with E-state index in [-0.39, 0.29) is 16.0 Å². The van der Waals surface area contributed by atoms with Crippen LogP contribution in [0, 0.1) is 11.8 Å². The second-order valence-corrected chi connectivity index (χ2v) is 5.11. The van der Waals surface area contributed by atoms with Crippen molar-refractivity contribution >= 4 is 34.5 Å². The van der Waals surface area contributed by atoms with Gasteiger partial charge in [-0.15, -0.1) is 0 Å². The summed E-state index contributed by atoms with van der Waals surface area (Å²) in [7, 11) is 0. The zero-order chi connectivity index (χ0) is 9.59. The highest BCUT2D eigenvalue weighted by Gasteiger charge is 2.50. The highest BCUT2D eigenvalue weighted by molar-refractivity contribution is 14.1. The lowest BCUT2D eigenvalue weighted by molar-refractivity contribution is -0.150. The van der Waals surface area contributed by atoms with Crippen LogP contribution >= 0.6 is 22.6 Å². The van der Waals surface area contributed by atoms with Crippen molar-refractivity contribution in [1.82, 2.24) is 0 Å². The number of rotatable bonds is 1. The number of hydrogen-bond donors (Lipinski definition) is 1. The molecule has 1 aliphatic heterocycles. The molecule has 1 heterocycles. The van der Waals surface area contributed by atoms with Crippen molar-refractivity contribution in [3.63, 3.8) is 0 Å². The fourth-order valence-corrected chi connectivity index (χ4v) is 3.00. The van der Waals surface area contributed by atoms with Gasteiger partial charge in [0.25, 0.3) is 0 Å². The van der Waals surface area contributed by atoms with Crippen LogP contribution in [-0.4, -0.2) is 27.1 Å². The Morgan fingerprint density at radius 2 is 2.23 bits per heavy atom. The molecule has 72 valence electrons. The molecule has 4 atom stereocenters. The molecule has 4 nitrogen and oxygen atoms in total. The first-order valence-electron chi connectivity index (χ1n) is 4.17. The quantitative estimate of drug-likeness (QED) is 0.442. The molecule has 0 aromatic carbocycles.